The molecule has 1 amide bonds. The standard InChI is InChI=1S/C19H19FN4O2/c1-19(2,26)15-5-14(8-21-9-15)12-4-13(7-16(20)6-12)18(25)23-17-10-22-24(3)11-17/h4-11,26H,1-3H3,(H,23,25). The van der Waals surface area contributed by atoms with Crippen LogP contribution in [0.1, 0.15) is 29.8 Å². The minimum absolute atomic E-state index is 0.178. The minimum Gasteiger partial charge on any atom is -0.386 e. The first-order valence-corrected chi connectivity index (χ1v) is 8.01. The number of halogens is 1. The third-order valence-electron chi connectivity index (χ3n) is 3.90. The van der Waals surface area contributed by atoms with Gasteiger partial charge in [0.15, 0.2) is 0 Å². The maximum Gasteiger partial charge on any atom is 0.255 e. The molecule has 0 bridgehead atoms. The highest BCUT2D eigenvalue weighted by Gasteiger charge is 2.18. The van der Waals surface area contributed by atoms with Crippen molar-refractivity contribution in [2.24, 2.45) is 7.05 Å². The summed E-state index contributed by atoms with van der Waals surface area (Å²) in [6.45, 7) is 3.29. The van der Waals surface area contributed by atoms with Crippen LogP contribution in [-0.4, -0.2) is 25.8 Å². The van der Waals surface area contributed by atoms with Crippen molar-refractivity contribution < 1.29 is 14.3 Å². The molecule has 2 heterocycles. The molecule has 3 aromatic rings. The van der Waals surface area contributed by atoms with Crippen molar-refractivity contribution in [2.75, 3.05) is 5.32 Å². The molecule has 0 unspecified atom stereocenters. The minimum atomic E-state index is -1.07. The number of benzene rings is 1. The van der Waals surface area contributed by atoms with Crippen molar-refractivity contribution in [1.29, 1.82) is 0 Å². The van der Waals surface area contributed by atoms with Crippen LogP contribution in [0.5, 0.6) is 0 Å². The largest absolute Gasteiger partial charge is 0.386 e. The van der Waals surface area contributed by atoms with Gasteiger partial charge in [0.2, 0.25) is 0 Å². The molecule has 134 valence electrons. The Kier molecular flexibility index (Phi) is 4.56. The zero-order chi connectivity index (χ0) is 18.9. The Labute approximate surface area is 150 Å². The number of rotatable bonds is 4. The maximum atomic E-state index is 14.1. The molecular weight excluding hydrogens is 335 g/mol. The van der Waals surface area contributed by atoms with Gasteiger partial charge in [-0.05, 0) is 43.7 Å². The van der Waals surface area contributed by atoms with E-state index in [-0.39, 0.29) is 5.56 Å². The van der Waals surface area contributed by atoms with E-state index in [1.54, 1.807) is 56.3 Å². The van der Waals surface area contributed by atoms with Crippen LogP contribution in [0.15, 0.2) is 49.1 Å². The van der Waals surface area contributed by atoms with E-state index in [1.807, 2.05) is 0 Å². The Morgan fingerprint density at radius 3 is 2.58 bits per heavy atom. The molecule has 0 atom stereocenters. The van der Waals surface area contributed by atoms with Crippen molar-refractivity contribution in [3.8, 4) is 11.1 Å². The summed E-state index contributed by atoms with van der Waals surface area (Å²) in [7, 11) is 1.73. The molecule has 0 aliphatic rings. The predicted octanol–water partition coefficient (Wildman–Crippen LogP) is 3.10. The lowest BCUT2D eigenvalue weighted by Gasteiger charge is -2.18. The monoisotopic (exact) mass is 354 g/mol. The number of hydrogen-bond acceptors (Lipinski definition) is 4. The Morgan fingerprint density at radius 2 is 1.92 bits per heavy atom. The molecule has 0 saturated carbocycles. The van der Waals surface area contributed by atoms with Gasteiger partial charge in [0.05, 0.1) is 17.5 Å². The smallest absolute Gasteiger partial charge is 0.255 e. The van der Waals surface area contributed by atoms with Gasteiger partial charge in [0.1, 0.15) is 5.82 Å². The summed E-state index contributed by atoms with van der Waals surface area (Å²) >= 11 is 0. The fourth-order valence-corrected chi connectivity index (χ4v) is 2.51. The zero-order valence-electron chi connectivity index (χ0n) is 14.7. The first-order valence-electron chi connectivity index (χ1n) is 8.01. The number of carbonyl (C=O) groups excluding carboxylic acids is 1. The van der Waals surface area contributed by atoms with Crippen molar-refractivity contribution in [3.63, 3.8) is 0 Å². The van der Waals surface area contributed by atoms with Gasteiger partial charge in [-0.15, -0.1) is 0 Å². The number of nitrogens with zero attached hydrogens (tertiary/aromatic N) is 3. The number of aromatic nitrogens is 3. The number of aryl methyl sites for hydroxylation is 1. The molecule has 0 saturated heterocycles. The van der Waals surface area contributed by atoms with E-state index >= 15 is 0 Å². The van der Waals surface area contributed by atoms with Crippen LogP contribution in [0.4, 0.5) is 10.1 Å². The zero-order valence-corrected chi connectivity index (χ0v) is 14.7. The molecule has 0 fully saturated rings. The highest BCUT2D eigenvalue weighted by atomic mass is 19.1. The average molecular weight is 354 g/mol. The van der Waals surface area contributed by atoms with Gasteiger partial charge in [-0.3, -0.25) is 14.5 Å². The van der Waals surface area contributed by atoms with E-state index in [4.69, 9.17) is 0 Å². The molecule has 6 nitrogen and oxygen atoms in total. The van der Waals surface area contributed by atoms with E-state index < -0.39 is 17.3 Å². The number of hydrogen-bond donors (Lipinski definition) is 2. The number of pyridine rings is 1. The second-order valence-electron chi connectivity index (χ2n) is 6.61. The average Bonchev–Trinajstić information content (AvgIpc) is 2.98. The molecule has 2 aromatic heterocycles. The number of amides is 1. The van der Waals surface area contributed by atoms with Gasteiger partial charge in [-0.1, -0.05) is 0 Å². The van der Waals surface area contributed by atoms with Crippen LogP contribution < -0.4 is 5.32 Å². The fourth-order valence-electron chi connectivity index (χ4n) is 2.51. The normalized spacial score (nSPS) is 11.4. The highest BCUT2D eigenvalue weighted by Crippen LogP contribution is 2.26. The lowest BCUT2D eigenvalue weighted by Crippen LogP contribution is -2.15. The van der Waals surface area contributed by atoms with Gasteiger partial charge in [0, 0.05) is 42.3 Å². The van der Waals surface area contributed by atoms with Gasteiger partial charge >= 0.3 is 0 Å². The SMILES string of the molecule is Cn1cc(NC(=O)c2cc(F)cc(-c3cncc(C(C)(C)O)c3)c2)cn1. The molecule has 7 heteroatoms. The maximum absolute atomic E-state index is 14.1. The Morgan fingerprint density at radius 1 is 1.15 bits per heavy atom. The van der Waals surface area contributed by atoms with Crippen LogP contribution in [0, 0.1) is 5.82 Å². The van der Waals surface area contributed by atoms with Crippen LogP contribution in [0.3, 0.4) is 0 Å². The van der Waals surface area contributed by atoms with Crippen LogP contribution in [0.25, 0.3) is 11.1 Å². The number of aliphatic hydroxyl groups is 1. The van der Waals surface area contributed by atoms with E-state index in [2.05, 4.69) is 15.4 Å². The summed E-state index contributed by atoms with van der Waals surface area (Å²) in [5.41, 5.74) is 1.34. The topological polar surface area (TPSA) is 80.0 Å². The van der Waals surface area contributed by atoms with Crippen molar-refractivity contribution in [2.45, 2.75) is 19.4 Å². The molecule has 0 spiro atoms. The molecule has 0 aliphatic heterocycles. The van der Waals surface area contributed by atoms with Crippen LogP contribution >= 0.6 is 0 Å². The van der Waals surface area contributed by atoms with E-state index in [1.165, 1.54) is 18.3 Å². The van der Waals surface area contributed by atoms with E-state index in [0.29, 0.717) is 22.4 Å². The van der Waals surface area contributed by atoms with Gasteiger partial charge < -0.3 is 10.4 Å². The third kappa shape index (κ3) is 3.94. The summed E-state index contributed by atoms with van der Waals surface area (Å²) in [6, 6.07) is 5.80. The Bertz CT molecular complexity index is 960. The summed E-state index contributed by atoms with van der Waals surface area (Å²) in [4.78, 5) is 16.5. The summed E-state index contributed by atoms with van der Waals surface area (Å²) < 4.78 is 15.6. The lowest BCUT2D eigenvalue weighted by atomic mass is 9.96. The Hall–Kier alpha value is -3.06. The van der Waals surface area contributed by atoms with Gasteiger partial charge in [-0.25, -0.2) is 4.39 Å². The number of carbonyl (C=O) groups is 1. The molecule has 3 rings (SSSR count). The van der Waals surface area contributed by atoms with Gasteiger partial charge in [0.25, 0.3) is 5.91 Å². The summed E-state index contributed by atoms with van der Waals surface area (Å²) in [6.07, 6.45) is 6.27. The van der Waals surface area contributed by atoms with Gasteiger partial charge in [-0.2, -0.15) is 5.10 Å². The third-order valence-corrected chi connectivity index (χ3v) is 3.90. The van der Waals surface area contributed by atoms with Crippen LogP contribution in [-0.2, 0) is 12.6 Å². The van der Waals surface area contributed by atoms with Crippen molar-refractivity contribution >= 4 is 11.6 Å². The number of nitrogens with one attached hydrogen (secondary N) is 1. The molecule has 26 heavy (non-hydrogen) atoms. The van der Waals surface area contributed by atoms with E-state index in [9.17, 15) is 14.3 Å². The molecule has 1 aromatic carbocycles. The van der Waals surface area contributed by atoms with Crippen molar-refractivity contribution in [3.05, 3.63) is 66.0 Å². The van der Waals surface area contributed by atoms with Crippen molar-refractivity contribution in [1.82, 2.24) is 14.8 Å². The quantitative estimate of drug-likeness (QED) is 0.754. The highest BCUT2D eigenvalue weighted by molar-refractivity contribution is 6.04. The second-order valence-corrected chi connectivity index (χ2v) is 6.61. The first kappa shape index (κ1) is 17.8. The molecule has 2 N–H and O–H groups in total. The van der Waals surface area contributed by atoms with E-state index in [0.717, 1.165) is 0 Å². The first-order chi connectivity index (χ1) is 12.2. The fraction of sp³-hybridized carbons (Fsp3) is 0.211. The Balaban J connectivity index is 1.94. The number of anilines is 1. The summed E-state index contributed by atoms with van der Waals surface area (Å²) in [5.74, 6) is -0.974. The summed E-state index contributed by atoms with van der Waals surface area (Å²) in [5, 5.41) is 16.8. The predicted molar refractivity (Wildman–Crippen MR) is 96.0 cm³/mol. The van der Waals surface area contributed by atoms with Crippen LogP contribution in [0.2, 0.25) is 0 Å². The molecule has 0 aliphatic carbocycles. The molecule has 0 radical (unpaired) electrons. The molecular formula is C19H19FN4O2. The second kappa shape index (κ2) is 6.68. The lowest BCUT2D eigenvalue weighted by molar-refractivity contribution is 0.0782.